The third kappa shape index (κ3) is 5.50. The SMILES string of the molecule is CCN(CC)c1ccc(CNC2CCC(Nc3ccnc4cc(Cl)ccc34)CC2)cc1. The Balaban J connectivity index is 1.27. The number of anilines is 2. The highest BCUT2D eigenvalue weighted by atomic mass is 35.5. The Bertz CT molecular complexity index is 976. The number of halogens is 1. The van der Waals surface area contributed by atoms with E-state index < -0.39 is 0 Å². The maximum atomic E-state index is 6.12. The van der Waals surface area contributed by atoms with Crippen molar-refractivity contribution in [3.8, 4) is 0 Å². The summed E-state index contributed by atoms with van der Waals surface area (Å²) in [6.07, 6.45) is 6.61. The zero-order valence-electron chi connectivity index (χ0n) is 18.6. The van der Waals surface area contributed by atoms with Gasteiger partial charge >= 0.3 is 0 Å². The third-order valence-electron chi connectivity index (χ3n) is 6.45. The number of nitrogens with zero attached hydrogens (tertiary/aromatic N) is 2. The van der Waals surface area contributed by atoms with Gasteiger partial charge in [0, 0.05) is 59.7 Å². The first-order valence-corrected chi connectivity index (χ1v) is 11.9. The molecule has 31 heavy (non-hydrogen) atoms. The lowest BCUT2D eigenvalue weighted by atomic mass is 9.90. The molecule has 0 atom stereocenters. The number of pyridine rings is 1. The Labute approximate surface area is 191 Å². The molecule has 0 radical (unpaired) electrons. The summed E-state index contributed by atoms with van der Waals surface area (Å²) in [4.78, 5) is 6.83. The minimum Gasteiger partial charge on any atom is -0.382 e. The van der Waals surface area contributed by atoms with E-state index in [0.717, 1.165) is 41.2 Å². The summed E-state index contributed by atoms with van der Waals surface area (Å²) in [5.74, 6) is 0. The lowest BCUT2D eigenvalue weighted by molar-refractivity contribution is 0.353. The van der Waals surface area contributed by atoms with Crippen LogP contribution in [0.4, 0.5) is 11.4 Å². The molecule has 2 aromatic carbocycles. The molecule has 0 saturated heterocycles. The van der Waals surface area contributed by atoms with Crippen LogP contribution >= 0.6 is 11.6 Å². The molecule has 4 nitrogen and oxygen atoms in total. The van der Waals surface area contributed by atoms with Crippen LogP contribution < -0.4 is 15.5 Å². The molecular weight excluding hydrogens is 404 g/mol. The zero-order valence-corrected chi connectivity index (χ0v) is 19.3. The summed E-state index contributed by atoms with van der Waals surface area (Å²) in [5.41, 5.74) is 4.77. The van der Waals surface area contributed by atoms with Crippen LogP contribution in [-0.4, -0.2) is 30.2 Å². The van der Waals surface area contributed by atoms with Crippen molar-refractivity contribution in [2.45, 2.75) is 58.2 Å². The molecule has 0 spiro atoms. The van der Waals surface area contributed by atoms with Gasteiger partial charge in [0.25, 0.3) is 0 Å². The van der Waals surface area contributed by atoms with Gasteiger partial charge < -0.3 is 15.5 Å². The van der Waals surface area contributed by atoms with Crippen molar-refractivity contribution in [2.24, 2.45) is 0 Å². The molecule has 5 heteroatoms. The first kappa shape index (κ1) is 21.9. The van der Waals surface area contributed by atoms with Crippen LogP contribution in [0, 0.1) is 0 Å². The predicted molar refractivity (Wildman–Crippen MR) is 133 cm³/mol. The van der Waals surface area contributed by atoms with Gasteiger partial charge in [-0.3, -0.25) is 4.98 Å². The standard InChI is InChI=1S/C26H33ClN4/c1-3-31(4-2)23-12-5-19(6-13-23)18-29-21-8-10-22(11-9-21)30-25-15-16-28-26-17-20(27)7-14-24(25)26/h5-7,12-17,21-22,29H,3-4,8-11,18H2,1-2H3,(H,28,30). The molecule has 3 aromatic rings. The topological polar surface area (TPSA) is 40.2 Å². The number of hydrogen-bond acceptors (Lipinski definition) is 4. The highest BCUT2D eigenvalue weighted by Crippen LogP contribution is 2.28. The van der Waals surface area contributed by atoms with Crippen molar-refractivity contribution < 1.29 is 0 Å². The number of fused-ring (bicyclic) bond motifs is 1. The fourth-order valence-electron chi connectivity index (χ4n) is 4.58. The monoisotopic (exact) mass is 436 g/mol. The maximum absolute atomic E-state index is 6.12. The second-order valence-electron chi connectivity index (χ2n) is 8.43. The molecular formula is C26H33ClN4. The summed E-state index contributed by atoms with van der Waals surface area (Å²) >= 11 is 6.12. The van der Waals surface area contributed by atoms with Gasteiger partial charge in [0.05, 0.1) is 5.52 Å². The minimum absolute atomic E-state index is 0.507. The Kier molecular flexibility index (Phi) is 7.31. The van der Waals surface area contributed by atoms with Gasteiger partial charge in [-0.25, -0.2) is 0 Å². The second kappa shape index (κ2) is 10.3. The molecule has 2 N–H and O–H groups in total. The normalized spacial score (nSPS) is 18.8. The summed E-state index contributed by atoms with van der Waals surface area (Å²) in [5, 5.41) is 9.39. The Morgan fingerprint density at radius 3 is 2.35 bits per heavy atom. The molecule has 0 unspecified atom stereocenters. The largest absolute Gasteiger partial charge is 0.382 e. The van der Waals surface area contributed by atoms with Crippen LogP contribution in [0.1, 0.15) is 45.1 Å². The smallest absolute Gasteiger partial charge is 0.0737 e. The van der Waals surface area contributed by atoms with Crippen molar-refractivity contribution >= 4 is 33.9 Å². The quantitative estimate of drug-likeness (QED) is 0.438. The average molecular weight is 437 g/mol. The van der Waals surface area contributed by atoms with Crippen molar-refractivity contribution in [3.05, 3.63) is 65.3 Å². The van der Waals surface area contributed by atoms with Crippen LogP contribution in [0.3, 0.4) is 0 Å². The van der Waals surface area contributed by atoms with Gasteiger partial charge in [0.1, 0.15) is 0 Å². The van der Waals surface area contributed by atoms with Gasteiger partial charge in [-0.1, -0.05) is 23.7 Å². The molecule has 1 saturated carbocycles. The number of hydrogen-bond donors (Lipinski definition) is 2. The van der Waals surface area contributed by atoms with Crippen LogP contribution in [0.25, 0.3) is 10.9 Å². The van der Waals surface area contributed by atoms with Crippen LogP contribution in [0.2, 0.25) is 5.02 Å². The number of nitrogens with one attached hydrogen (secondary N) is 2. The molecule has 4 rings (SSSR count). The van der Waals surface area contributed by atoms with E-state index in [1.807, 2.05) is 18.3 Å². The first-order chi connectivity index (χ1) is 15.2. The van der Waals surface area contributed by atoms with E-state index in [-0.39, 0.29) is 0 Å². The van der Waals surface area contributed by atoms with E-state index >= 15 is 0 Å². The van der Waals surface area contributed by atoms with Gasteiger partial charge in [-0.05, 0) is 81.5 Å². The van der Waals surface area contributed by atoms with E-state index in [2.05, 4.69) is 70.8 Å². The van der Waals surface area contributed by atoms with E-state index in [1.165, 1.54) is 36.9 Å². The molecule has 0 amide bonds. The summed E-state index contributed by atoms with van der Waals surface area (Å²) in [6, 6.07) is 18.1. The molecule has 1 aromatic heterocycles. The van der Waals surface area contributed by atoms with Gasteiger partial charge in [-0.15, -0.1) is 0 Å². The molecule has 1 aliphatic rings. The summed E-state index contributed by atoms with van der Waals surface area (Å²) in [6.45, 7) is 7.45. The van der Waals surface area contributed by atoms with E-state index in [0.29, 0.717) is 12.1 Å². The van der Waals surface area contributed by atoms with Gasteiger partial charge in [0.15, 0.2) is 0 Å². The molecule has 0 aliphatic heterocycles. The Morgan fingerprint density at radius 2 is 1.65 bits per heavy atom. The van der Waals surface area contributed by atoms with Crippen molar-refractivity contribution in [2.75, 3.05) is 23.3 Å². The van der Waals surface area contributed by atoms with Crippen molar-refractivity contribution in [3.63, 3.8) is 0 Å². The number of benzene rings is 2. The lowest BCUT2D eigenvalue weighted by Crippen LogP contribution is -2.36. The van der Waals surface area contributed by atoms with E-state index in [4.69, 9.17) is 11.6 Å². The molecule has 0 bridgehead atoms. The molecule has 1 fully saturated rings. The zero-order chi connectivity index (χ0) is 21.6. The highest BCUT2D eigenvalue weighted by molar-refractivity contribution is 6.31. The van der Waals surface area contributed by atoms with E-state index in [9.17, 15) is 0 Å². The van der Waals surface area contributed by atoms with Crippen LogP contribution in [0.5, 0.6) is 0 Å². The lowest BCUT2D eigenvalue weighted by Gasteiger charge is -2.31. The number of aromatic nitrogens is 1. The number of rotatable bonds is 8. The Morgan fingerprint density at radius 1 is 0.935 bits per heavy atom. The first-order valence-electron chi connectivity index (χ1n) is 11.5. The van der Waals surface area contributed by atoms with Crippen LogP contribution in [0.15, 0.2) is 54.7 Å². The molecule has 1 aliphatic carbocycles. The minimum atomic E-state index is 0.507. The second-order valence-corrected chi connectivity index (χ2v) is 8.87. The average Bonchev–Trinajstić information content (AvgIpc) is 2.80. The predicted octanol–water partition coefficient (Wildman–Crippen LogP) is 6.25. The van der Waals surface area contributed by atoms with Gasteiger partial charge in [-0.2, -0.15) is 0 Å². The fourth-order valence-corrected chi connectivity index (χ4v) is 4.75. The summed E-state index contributed by atoms with van der Waals surface area (Å²) < 4.78 is 0. The van der Waals surface area contributed by atoms with Crippen LogP contribution in [-0.2, 0) is 6.54 Å². The van der Waals surface area contributed by atoms with Gasteiger partial charge in [0.2, 0.25) is 0 Å². The molecule has 164 valence electrons. The maximum Gasteiger partial charge on any atom is 0.0737 e. The third-order valence-corrected chi connectivity index (χ3v) is 6.69. The van der Waals surface area contributed by atoms with Crippen molar-refractivity contribution in [1.29, 1.82) is 0 Å². The highest BCUT2D eigenvalue weighted by Gasteiger charge is 2.21. The Hall–Kier alpha value is -2.30. The summed E-state index contributed by atoms with van der Waals surface area (Å²) in [7, 11) is 0. The fraction of sp³-hybridized carbons (Fsp3) is 0.423. The molecule has 1 heterocycles. The van der Waals surface area contributed by atoms with E-state index in [1.54, 1.807) is 0 Å². The van der Waals surface area contributed by atoms with Crippen molar-refractivity contribution in [1.82, 2.24) is 10.3 Å².